The summed E-state index contributed by atoms with van der Waals surface area (Å²) in [7, 11) is 2.99. The molecule has 0 saturated carbocycles. The van der Waals surface area contributed by atoms with Gasteiger partial charge < -0.3 is 13.9 Å². The summed E-state index contributed by atoms with van der Waals surface area (Å²) in [5.74, 6) is -2.02. The number of nitrogens with zero attached hydrogens (tertiary/aromatic N) is 2. The number of hydrogen-bond acceptors (Lipinski definition) is 9. The SMILES string of the molecule is CN1C(=O)C2C3C=CC(O3)C2C1=O.CN1C(=O)C=CC1=O.O=C1NC(=O)C2C3C=CC(O3)C12.[2HH].[K+].c1ccoc1. The Kier molecular flexibility index (Phi) is 9.00. The van der Waals surface area contributed by atoms with Crippen molar-refractivity contribution < 1.29 is 95.5 Å². The maximum absolute atomic E-state index is 11.6. The molecule has 39 heavy (non-hydrogen) atoms. The molecule has 1 aromatic rings. The maximum atomic E-state index is 11.6. The minimum absolute atomic E-state index is 0. The van der Waals surface area contributed by atoms with Gasteiger partial charge in [-0.15, -0.1) is 0 Å². The van der Waals surface area contributed by atoms with Crippen molar-refractivity contribution in [2.45, 2.75) is 24.4 Å². The fourth-order valence-electron chi connectivity index (χ4n) is 5.38. The van der Waals surface area contributed by atoms with E-state index in [1.165, 1.54) is 24.1 Å². The first kappa shape index (κ1) is 29.5. The van der Waals surface area contributed by atoms with Crippen LogP contribution in [0.15, 0.2) is 65.5 Å². The first-order chi connectivity index (χ1) is 18.2. The molecule has 0 aliphatic carbocycles. The van der Waals surface area contributed by atoms with Gasteiger partial charge >= 0.3 is 51.4 Å². The molecule has 12 nitrogen and oxygen atoms in total. The number of furan rings is 1. The van der Waals surface area contributed by atoms with Crippen LogP contribution in [0.3, 0.4) is 0 Å². The van der Waals surface area contributed by atoms with Crippen LogP contribution in [0.25, 0.3) is 0 Å². The number of likely N-dealkylation sites (tertiary alicyclic amines) is 1. The van der Waals surface area contributed by atoms with Crippen molar-refractivity contribution >= 4 is 35.4 Å². The smallest absolute Gasteiger partial charge is 0.473 e. The zero-order valence-electron chi connectivity index (χ0n) is 21.5. The number of imide groups is 3. The van der Waals surface area contributed by atoms with E-state index in [1.807, 2.05) is 36.4 Å². The van der Waals surface area contributed by atoms with E-state index in [4.69, 9.17) is 9.47 Å². The Morgan fingerprint density at radius 1 is 0.641 bits per heavy atom. The molecule has 1 aromatic heterocycles. The summed E-state index contributed by atoms with van der Waals surface area (Å²) in [5.41, 5.74) is 0. The molecule has 13 heteroatoms. The Balaban J connectivity index is 0.000000152. The fourth-order valence-corrected chi connectivity index (χ4v) is 5.38. The third-order valence-corrected chi connectivity index (χ3v) is 7.34. The Hall–Kier alpha value is -2.52. The third kappa shape index (κ3) is 5.44. The third-order valence-electron chi connectivity index (χ3n) is 7.34. The molecule has 0 radical (unpaired) electrons. The van der Waals surface area contributed by atoms with E-state index >= 15 is 0 Å². The summed E-state index contributed by atoms with van der Waals surface area (Å²) in [6.45, 7) is 0. The summed E-state index contributed by atoms with van der Waals surface area (Å²) < 4.78 is 15.4. The minimum Gasteiger partial charge on any atom is -0.473 e. The van der Waals surface area contributed by atoms with Gasteiger partial charge in [-0.2, -0.15) is 0 Å². The molecule has 8 unspecified atom stereocenters. The monoisotopic (exact) mass is 565 g/mol. The zero-order valence-corrected chi connectivity index (χ0v) is 24.6. The van der Waals surface area contributed by atoms with Crippen LogP contribution in [0.1, 0.15) is 1.43 Å². The number of likely N-dealkylation sites (N-methyl/N-ethyl adjacent to an activating group) is 1. The van der Waals surface area contributed by atoms with Gasteiger partial charge in [-0.25, -0.2) is 0 Å². The molecule has 7 aliphatic heterocycles. The normalized spacial score (nSPS) is 35.1. The topological polar surface area (TPSA) is 153 Å². The molecule has 0 aromatic carbocycles. The van der Waals surface area contributed by atoms with Gasteiger partial charge in [0.2, 0.25) is 23.6 Å². The van der Waals surface area contributed by atoms with E-state index in [-0.39, 0.29) is 136 Å². The van der Waals surface area contributed by atoms with Crippen LogP contribution in [-0.2, 0) is 38.2 Å². The quantitative estimate of drug-likeness (QED) is 0.195. The van der Waals surface area contributed by atoms with Crippen molar-refractivity contribution in [3.05, 3.63) is 61.1 Å². The van der Waals surface area contributed by atoms with Crippen molar-refractivity contribution in [1.82, 2.24) is 15.1 Å². The first-order valence-corrected chi connectivity index (χ1v) is 12.0. The number of hydrogen-bond donors (Lipinski definition) is 1. The first-order valence-electron chi connectivity index (χ1n) is 12.0. The van der Waals surface area contributed by atoms with Crippen molar-refractivity contribution in [2.75, 3.05) is 14.1 Å². The van der Waals surface area contributed by atoms with E-state index in [9.17, 15) is 28.8 Å². The average Bonchev–Trinajstić information content (AvgIpc) is 3.75. The van der Waals surface area contributed by atoms with E-state index in [1.54, 1.807) is 19.6 Å². The fraction of sp³-hybridized carbons (Fsp3) is 0.385. The second-order valence-electron chi connectivity index (χ2n) is 9.45. The van der Waals surface area contributed by atoms with Crippen LogP contribution in [0.2, 0.25) is 0 Å². The molecule has 8 rings (SSSR count). The largest absolute Gasteiger partial charge is 1.00 e. The molecule has 0 spiro atoms. The van der Waals surface area contributed by atoms with Crippen LogP contribution in [0.4, 0.5) is 0 Å². The Bertz CT molecular complexity index is 1190. The number of ether oxygens (including phenoxy) is 2. The Morgan fingerprint density at radius 2 is 1.03 bits per heavy atom. The molecule has 4 fully saturated rings. The summed E-state index contributed by atoms with van der Waals surface area (Å²) in [4.78, 5) is 68.7. The second kappa shape index (κ2) is 11.9. The van der Waals surface area contributed by atoms with Crippen molar-refractivity contribution in [3.8, 4) is 0 Å². The Labute approximate surface area is 267 Å². The van der Waals surface area contributed by atoms with E-state index in [0.717, 1.165) is 4.90 Å². The van der Waals surface area contributed by atoms with Gasteiger partial charge in [0, 0.05) is 27.7 Å². The van der Waals surface area contributed by atoms with Gasteiger partial charge in [-0.3, -0.25) is 43.9 Å². The maximum Gasteiger partial charge on any atom is 1.00 e. The molecule has 6 amide bonds. The number of nitrogens with one attached hydrogen (secondary N) is 1. The number of amides is 6. The molecule has 200 valence electrons. The van der Waals surface area contributed by atoms with Crippen LogP contribution in [0.5, 0.6) is 0 Å². The molecular formula is C26H27KN3O9+. The van der Waals surface area contributed by atoms with Gasteiger partial charge in [0.1, 0.15) is 0 Å². The van der Waals surface area contributed by atoms with Gasteiger partial charge in [0.25, 0.3) is 11.8 Å². The number of rotatable bonds is 0. The molecule has 1 N–H and O–H groups in total. The van der Waals surface area contributed by atoms with Crippen LogP contribution >= 0.6 is 0 Å². The number of carbonyl (C=O) groups is 6. The van der Waals surface area contributed by atoms with E-state index < -0.39 is 0 Å². The van der Waals surface area contributed by atoms with Crippen LogP contribution in [-0.4, -0.2) is 83.8 Å². The summed E-state index contributed by atoms with van der Waals surface area (Å²) >= 11 is 0. The van der Waals surface area contributed by atoms with Gasteiger partial charge in [0.05, 0.1) is 60.6 Å². The predicted molar refractivity (Wildman–Crippen MR) is 128 cm³/mol. The Morgan fingerprint density at radius 3 is 1.33 bits per heavy atom. The van der Waals surface area contributed by atoms with Crippen molar-refractivity contribution in [2.24, 2.45) is 23.7 Å². The molecular weight excluding hydrogens is 537 g/mol. The minimum atomic E-state index is -0.257. The summed E-state index contributed by atoms with van der Waals surface area (Å²) in [6.07, 6.45) is 12.6. The van der Waals surface area contributed by atoms with Crippen LogP contribution < -0.4 is 56.7 Å². The van der Waals surface area contributed by atoms with Gasteiger partial charge in [-0.05, 0) is 12.1 Å². The predicted octanol–water partition coefficient (Wildman–Crippen LogP) is -3.16. The molecule has 4 bridgehead atoms. The molecule has 8 heterocycles. The van der Waals surface area contributed by atoms with E-state index in [0.29, 0.717) is 0 Å². The zero-order chi connectivity index (χ0) is 27.1. The molecule has 8 atom stereocenters. The second-order valence-corrected chi connectivity index (χ2v) is 9.45. The number of carbonyl (C=O) groups excluding carboxylic acids is 6. The van der Waals surface area contributed by atoms with Crippen LogP contribution in [0, 0.1) is 23.7 Å². The molecule has 4 saturated heterocycles. The standard InChI is InChI=1S/C9H9NO3.C8H7NO3.C5H5NO2.C4H4O.K.H2/c1-10-8(11)6-4-2-3-5(13-4)7(6)9(10)12;10-7-5-3-1-2-4(12-3)6(5)8(11)9-7;1-6-4(7)2-3-5(6)8;1-2-4-5-3-1;;/h2-7H,1H3;1-6H,(H,9,10,11);2-3H,1H3;1-4H;;1H/q;;;;+1;/i;;;;;1+1. The van der Waals surface area contributed by atoms with Gasteiger partial charge in [0.15, 0.2) is 0 Å². The van der Waals surface area contributed by atoms with E-state index in [2.05, 4.69) is 9.73 Å². The summed E-state index contributed by atoms with van der Waals surface area (Å²) in [5, 5.41) is 2.32. The summed E-state index contributed by atoms with van der Waals surface area (Å²) in [6, 6.07) is 3.67. The van der Waals surface area contributed by atoms with Crippen molar-refractivity contribution in [3.63, 3.8) is 0 Å². The van der Waals surface area contributed by atoms with Gasteiger partial charge in [-0.1, -0.05) is 24.3 Å². The molecule has 7 aliphatic rings. The number of fused-ring (bicyclic) bond motifs is 10. The average molecular weight is 566 g/mol. The van der Waals surface area contributed by atoms with Crippen molar-refractivity contribution in [1.29, 1.82) is 0 Å².